The smallest absolute Gasteiger partial charge is 0.281 e. The molecular formula is C15H26N4O3S. The summed E-state index contributed by atoms with van der Waals surface area (Å²) < 4.78 is 27.8. The van der Waals surface area contributed by atoms with E-state index in [4.69, 9.17) is 5.26 Å². The SMILES string of the molecule is C[C@@H](C#N)CN(C)S(=O)(=O)N1CCC(N2CCCCC2=O)CC1. The maximum Gasteiger partial charge on any atom is 0.281 e. The van der Waals surface area contributed by atoms with Gasteiger partial charge in [0.25, 0.3) is 10.2 Å². The van der Waals surface area contributed by atoms with Gasteiger partial charge >= 0.3 is 0 Å². The van der Waals surface area contributed by atoms with Crippen molar-refractivity contribution in [3.05, 3.63) is 0 Å². The second-order valence-electron chi connectivity index (χ2n) is 6.49. The fraction of sp³-hybridized carbons (Fsp3) is 0.867. The van der Waals surface area contributed by atoms with Gasteiger partial charge in [0, 0.05) is 45.7 Å². The molecular weight excluding hydrogens is 316 g/mol. The van der Waals surface area contributed by atoms with E-state index < -0.39 is 10.2 Å². The van der Waals surface area contributed by atoms with Crippen LogP contribution in [0.1, 0.15) is 39.0 Å². The molecule has 2 heterocycles. The number of hydrogen-bond acceptors (Lipinski definition) is 4. The van der Waals surface area contributed by atoms with Gasteiger partial charge in [0.15, 0.2) is 0 Å². The first-order valence-electron chi connectivity index (χ1n) is 8.26. The van der Waals surface area contributed by atoms with Crippen molar-refractivity contribution < 1.29 is 13.2 Å². The molecule has 0 spiro atoms. The molecule has 0 aromatic rings. The van der Waals surface area contributed by atoms with E-state index in [1.807, 2.05) is 4.90 Å². The Labute approximate surface area is 139 Å². The van der Waals surface area contributed by atoms with Crippen molar-refractivity contribution in [2.24, 2.45) is 5.92 Å². The molecule has 0 aliphatic carbocycles. The highest BCUT2D eigenvalue weighted by atomic mass is 32.2. The highest BCUT2D eigenvalue weighted by Gasteiger charge is 2.35. The molecule has 0 bridgehead atoms. The number of nitrogens with zero attached hydrogens (tertiary/aromatic N) is 4. The third-order valence-electron chi connectivity index (χ3n) is 4.70. The molecule has 1 atom stereocenters. The number of amides is 1. The van der Waals surface area contributed by atoms with Crippen LogP contribution >= 0.6 is 0 Å². The molecule has 2 rings (SSSR count). The predicted octanol–water partition coefficient (Wildman–Crippen LogP) is 0.800. The summed E-state index contributed by atoms with van der Waals surface area (Å²) in [6.07, 6.45) is 4.00. The Morgan fingerprint density at radius 1 is 1.30 bits per heavy atom. The van der Waals surface area contributed by atoms with Gasteiger partial charge in [-0.05, 0) is 32.6 Å². The summed E-state index contributed by atoms with van der Waals surface area (Å²) in [5.41, 5.74) is 0. The molecule has 7 nitrogen and oxygen atoms in total. The van der Waals surface area contributed by atoms with Gasteiger partial charge in [-0.1, -0.05) is 0 Å². The molecule has 0 radical (unpaired) electrons. The van der Waals surface area contributed by atoms with Gasteiger partial charge < -0.3 is 4.90 Å². The van der Waals surface area contributed by atoms with Crippen molar-refractivity contribution >= 4 is 16.1 Å². The third kappa shape index (κ3) is 4.22. The van der Waals surface area contributed by atoms with Gasteiger partial charge in [-0.3, -0.25) is 4.79 Å². The molecule has 0 aromatic carbocycles. The molecule has 0 N–H and O–H groups in total. The Morgan fingerprint density at radius 2 is 1.96 bits per heavy atom. The van der Waals surface area contributed by atoms with Crippen LogP contribution in [0.3, 0.4) is 0 Å². The van der Waals surface area contributed by atoms with Crippen LogP contribution < -0.4 is 0 Å². The van der Waals surface area contributed by atoms with Crippen LogP contribution in [0.4, 0.5) is 0 Å². The van der Waals surface area contributed by atoms with Crippen molar-refractivity contribution in [2.45, 2.75) is 45.1 Å². The first kappa shape index (κ1) is 18.2. The Morgan fingerprint density at radius 3 is 2.52 bits per heavy atom. The van der Waals surface area contributed by atoms with Crippen LogP contribution in [0.25, 0.3) is 0 Å². The van der Waals surface area contributed by atoms with Crippen LogP contribution in [0.5, 0.6) is 0 Å². The van der Waals surface area contributed by atoms with Crippen LogP contribution in [0.2, 0.25) is 0 Å². The van der Waals surface area contributed by atoms with Crippen LogP contribution in [-0.4, -0.2) is 67.1 Å². The second kappa shape index (κ2) is 7.60. The number of piperidine rings is 2. The van der Waals surface area contributed by atoms with Crippen LogP contribution in [0, 0.1) is 17.2 Å². The average molecular weight is 342 g/mol. The Kier molecular flexibility index (Phi) is 6.00. The van der Waals surface area contributed by atoms with Gasteiger partial charge in [-0.15, -0.1) is 0 Å². The lowest BCUT2D eigenvalue weighted by Crippen LogP contribution is -2.52. The molecule has 0 unspecified atom stereocenters. The van der Waals surface area contributed by atoms with E-state index in [0.29, 0.717) is 32.4 Å². The van der Waals surface area contributed by atoms with Crippen molar-refractivity contribution in [2.75, 3.05) is 33.2 Å². The van der Waals surface area contributed by atoms with Gasteiger partial charge in [0.2, 0.25) is 5.91 Å². The molecule has 130 valence electrons. The number of likely N-dealkylation sites (tertiary alicyclic amines) is 1. The predicted molar refractivity (Wildman–Crippen MR) is 86.5 cm³/mol. The molecule has 23 heavy (non-hydrogen) atoms. The molecule has 0 aromatic heterocycles. The number of carbonyl (C=O) groups is 1. The fourth-order valence-corrected chi connectivity index (χ4v) is 4.79. The molecule has 2 saturated heterocycles. The Balaban J connectivity index is 1.92. The summed E-state index contributed by atoms with van der Waals surface area (Å²) in [7, 11) is -2.01. The fourth-order valence-electron chi connectivity index (χ4n) is 3.32. The topological polar surface area (TPSA) is 84.7 Å². The van der Waals surface area contributed by atoms with E-state index in [1.165, 1.54) is 15.7 Å². The number of carbonyl (C=O) groups excluding carboxylic acids is 1. The lowest BCUT2D eigenvalue weighted by Gasteiger charge is -2.40. The van der Waals surface area contributed by atoms with E-state index in [2.05, 4.69) is 6.07 Å². The quantitative estimate of drug-likeness (QED) is 0.740. The minimum Gasteiger partial charge on any atom is -0.340 e. The normalized spacial score (nSPS) is 23.0. The summed E-state index contributed by atoms with van der Waals surface area (Å²) in [5.74, 6) is -0.129. The Hall–Kier alpha value is -1.17. The maximum atomic E-state index is 12.5. The van der Waals surface area contributed by atoms with Crippen LogP contribution in [0.15, 0.2) is 0 Å². The first-order valence-corrected chi connectivity index (χ1v) is 9.66. The molecule has 2 fully saturated rings. The minimum atomic E-state index is -3.52. The highest BCUT2D eigenvalue weighted by Crippen LogP contribution is 2.24. The van der Waals surface area contributed by atoms with E-state index in [9.17, 15) is 13.2 Å². The highest BCUT2D eigenvalue weighted by molar-refractivity contribution is 7.86. The summed E-state index contributed by atoms with van der Waals surface area (Å²) in [4.78, 5) is 13.9. The zero-order chi connectivity index (χ0) is 17.0. The maximum absolute atomic E-state index is 12.5. The van der Waals surface area contributed by atoms with Crippen molar-refractivity contribution in [3.63, 3.8) is 0 Å². The van der Waals surface area contributed by atoms with E-state index in [-0.39, 0.29) is 24.4 Å². The van der Waals surface area contributed by atoms with E-state index >= 15 is 0 Å². The molecule has 0 saturated carbocycles. The minimum absolute atomic E-state index is 0.164. The lowest BCUT2D eigenvalue weighted by molar-refractivity contribution is -0.136. The summed E-state index contributed by atoms with van der Waals surface area (Å²) in [5, 5.41) is 8.84. The summed E-state index contributed by atoms with van der Waals surface area (Å²) in [6, 6.07) is 2.22. The summed E-state index contributed by atoms with van der Waals surface area (Å²) in [6.45, 7) is 3.57. The third-order valence-corrected chi connectivity index (χ3v) is 6.65. The molecule has 2 aliphatic rings. The van der Waals surface area contributed by atoms with Crippen molar-refractivity contribution in [1.29, 1.82) is 5.26 Å². The number of hydrogen-bond donors (Lipinski definition) is 0. The van der Waals surface area contributed by atoms with E-state index in [0.717, 1.165) is 19.4 Å². The monoisotopic (exact) mass is 342 g/mol. The average Bonchev–Trinajstić information content (AvgIpc) is 2.55. The van der Waals surface area contributed by atoms with Gasteiger partial charge in [-0.25, -0.2) is 0 Å². The first-order chi connectivity index (χ1) is 10.9. The second-order valence-corrected chi connectivity index (χ2v) is 8.53. The van der Waals surface area contributed by atoms with Gasteiger partial charge in [0.1, 0.15) is 0 Å². The van der Waals surface area contributed by atoms with Crippen LogP contribution in [-0.2, 0) is 15.0 Å². The lowest BCUT2D eigenvalue weighted by atomic mass is 10.0. The standard InChI is InChI=1S/C15H26N4O3S/c1-13(11-16)12-17(2)23(21,22)18-9-6-14(7-10-18)19-8-4-3-5-15(19)20/h13-14H,3-10,12H2,1-2H3/t13-/m0/s1. The van der Waals surface area contributed by atoms with E-state index in [1.54, 1.807) is 6.92 Å². The number of nitriles is 1. The van der Waals surface area contributed by atoms with Crippen molar-refractivity contribution in [1.82, 2.24) is 13.5 Å². The zero-order valence-corrected chi connectivity index (χ0v) is 14.8. The molecule has 2 aliphatic heterocycles. The summed E-state index contributed by atoms with van der Waals surface area (Å²) >= 11 is 0. The Bertz CT molecular complexity index is 564. The van der Waals surface area contributed by atoms with Gasteiger partial charge in [-0.2, -0.15) is 22.3 Å². The van der Waals surface area contributed by atoms with Gasteiger partial charge in [0.05, 0.1) is 12.0 Å². The zero-order valence-electron chi connectivity index (χ0n) is 13.9. The molecule has 8 heteroatoms. The largest absolute Gasteiger partial charge is 0.340 e. The van der Waals surface area contributed by atoms with Crippen molar-refractivity contribution in [3.8, 4) is 6.07 Å². The number of rotatable bonds is 5. The molecule has 1 amide bonds.